The Hall–Kier alpha value is -2.08. The number of anilines is 2. The summed E-state index contributed by atoms with van der Waals surface area (Å²) in [5.74, 6) is -0.0583. The standard InChI is InChI=1S/C11H13N3O3/c1-12-11(16)13-8-2-4-9(5-3-8)14-10(15)6-7-17-14/h2-5H,6-7H2,1H3,(H2,12,13,16). The second kappa shape index (κ2) is 4.84. The van der Waals surface area contributed by atoms with Crippen LogP contribution in [0.2, 0.25) is 0 Å². The van der Waals surface area contributed by atoms with Gasteiger partial charge in [0.15, 0.2) is 0 Å². The molecular weight excluding hydrogens is 222 g/mol. The summed E-state index contributed by atoms with van der Waals surface area (Å²) in [6.45, 7) is 0.414. The van der Waals surface area contributed by atoms with Gasteiger partial charge in [0.1, 0.15) is 0 Å². The number of carbonyl (C=O) groups is 2. The molecule has 1 aliphatic heterocycles. The second-order valence-corrected chi connectivity index (χ2v) is 3.52. The number of hydroxylamine groups is 1. The number of benzene rings is 1. The first kappa shape index (κ1) is 11.4. The highest BCUT2D eigenvalue weighted by molar-refractivity contribution is 5.93. The van der Waals surface area contributed by atoms with E-state index in [1.54, 1.807) is 31.3 Å². The van der Waals surface area contributed by atoms with E-state index in [1.165, 1.54) is 5.06 Å². The van der Waals surface area contributed by atoms with Gasteiger partial charge in [-0.3, -0.25) is 9.63 Å². The molecular formula is C11H13N3O3. The summed E-state index contributed by atoms with van der Waals surface area (Å²) >= 11 is 0. The van der Waals surface area contributed by atoms with Crippen molar-refractivity contribution in [3.63, 3.8) is 0 Å². The Kier molecular flexibility index (Phi) is 3.24. The van der Waals surface area contributed by atoms with Crippen molar-refractivity contribution in [3.8, 4) is 0 Å². The van der Waals surface area contributed by atoms with Gasteiger partial charge in [-0.2, -0.15) is 5.06 Å². The number of nitrogens with zero attached hydrogens (tertiary/aromatic N) is 1. The first-order valence-electron chi connectivity index (χ1n) is 5.25. The Labute approximate surface area is 98.5 Å². The number of carbonyl (C=O) groups excluding carboxylic acids is 2. The highest BCUT2D eigenvalue weighted by Gasteiger charge is 2.22. The molecule has 0 radical (unpaired) electrons. The monoisotopic (exact) mass is 235 g/mol. The Balaban J connectivity index is 2.07. The normalized spacial score (nSPS) is 14.9. The molecule has 90 valence electrons. The van der Waals surface area contributed by atoms with Gasteiger partial charge in [0.2, 0.25) is 0 Å². The lowest BCUT2D eigenvalue weighted by molar-refractivity contribution is -0.119. The summed E-state index contributed by atoms with van der Waals surface area (Å²) < 4.78 is 0. The summed E-state index contributed by atoms with van der Waals surface area (Å²) in [6.07, 6.45) is 0.401. The molecule has 6 heteroatoms. The van der Waals surface area contributed by atoms with Crippen LogP contribution in [0.4, 0.5) is 16.2 Å². The molecule has 1 heterocycles. The third-order valence-electron chi connectivity index (χ3n) is 2.35. The molecule has 1 aromatic rings. The summed E-state index contributed by atoms with van der Waals surface area (Å²) in [6, 6.07) is 6.56. The zero-order valence-corrected chi connectivity index (χ0v) is 9.40. The SMILES string of the molecule is CNC(=O)Nc1ccc(N2OCCC2=O)cc1. The van der Waals surface area contributed by atoms with Crippen LogP contribution in [0.1, 0.15) is 6.42 Å². The first-order valence-corrected chi connectivity index (χ1v) is 5.25. The quantitative estimate of drug-likeness (QED) is 0.806. The molecule has 6 nitrogen and oxygen atoms in total. The van der Waals surface area contributed by atoms with Gasteiger partial charge in [0.05, 0.1) is 18.7 Å². The van der Waals surface area contributed by atoms with Crippen LogP contribution < -0.4 is 15.7 Å². The minimum atomic E-state index is -0.286. The van der Waals surface area contributed by atoms with Gasteiger partial charge in [-0.15, -0.1) is 0 Å². The minimum Gasteiger partial charge on any atom is -0.341 e. The predicted molar refractivity (Wildman–Crippen MR) is 62.6 cm³/mol. The van der Waals surface area contributed by atoms with Gasteiger partial charge in [-0.05, 0) is 24.3 Å². The lowest BCUT2D eigenvalue weighted by Gasteiger charge is -2.14. The lowest BCUT2D eigenvalue weighted by atomic mass is 10.2. The number of hydrogen-bond acceptors (Lipinski definition) is 3. The first-order chi connectivity index (χ1) is 8.20. The fourth-order valence-electron chi connectivity index (χ4n) is 1.49. The molecule has 0 bridgehead atoms. The molecule has 2 rings (SSSR count). The van der Waals surface area contributed by atoms with E-state index >= 15 is 0 Å². The lowest BCUT2D eigenvalue weighted by Crippen LogP contribution is -2.24. The maximum Gasteiger partial charge on any atom is 0.318 e. The Morgan fingerprint density at radius 2 is 2.06 bits per heavy atom. The fraction of sp³-hybridized carbons (Fsp3) is 0.273. The molecule has 0 saturated carbocycles. The topological polar surface area (TPSA) is 70.7 Å². The summed E-state index contributed by atoms with van der Waals surface area (Å²) in [5, 5.41) is 6.34. The Morgan fingerprint density at radius 1 is 1.35 bits per heavy atom. The molecule has 0 atom stereocenters. The average Bonchev–Trinajstić information content (AvgIpc) is 2.76. The summed E-state index contributed by atoms with van der Waals surface area (Å²) in [4.78, 5) is 27.6. The van der Waals surface area contributed by atoms with Gasteiger partial charge in [-0.25, -0.2) is 4.79 Å². The molecule has 1 aromatic carbocycles. The van der Waals surface area contributed by atoms with E-state index in [1.807, 2.05) is 0 Å². The molecule has 1 aliphatic rings. The van der Waals surface area contributed by atoms with Crippen LogP contribution in [-0.2, 0) is 9.63 Å². The molecule has 17 heavy (non-hydrogen) atoms. The molecule has 0 spiro atoms. The van der Waals surface area contributed by atoms with E-state index in [4.69, 9.17) is 4.84 Å². The third-order valence-corrected chi connectivity index (χ3v) is 2.35. The van der Waals surface area contributed by atoms with Crippen LogP contribution in [0, 0.1) is 0 Å². The number of hydrogen-bond donors (Lipinski definition) is 2. The van der Waals surface area contributed by atoms with Crippen LogP contribution >= 0.6 is 0 Å². The molecule has 0 aliphatic carbocycles. The van der Waals surface area contributed by atoms with Crippen LogP contribution in [0.25, 0.3) is 0 Å². The average molecular weight is 235 g/mol. The summed E-state index contributed by atoms with van der Waals surface area (Å²) in [5.41, 5.74) is 1.31. The second-order valence-electron chi connectivity index (χ2n) is 3.52. The minimum absolute atomic E-state index is 0.0583. The number of urea groups is 1. The zero-order valence-electron chi connectivity index (χ0n) is 9.40. The number of amides is 3. The van der Waals surface area contributed by atoms with Crippen molar-refractivity contribution in [2.45, 2.75) is 6.42 Å². The van der Waals surface area contributed by atoms with Gasteiger partial charge < -0.3 is 10.6 Å². The third kappa shape index (κ3) is 2.54. The van der Waals surface area contributed by atoms with Crippen molar-refractivity contribution in [1.82, 2.24) is 5.32 Å². The molecule has 1 fully saturated rings. The molecule has 3 amide bonds. The highest BCUT2D eigenvalue weighted by atomic mass is 16.7. The smallest absolute Gasteiger partial charge is 0.318 e. The molecule has 2 N–H and O–H groups in total. The van der Waals surface area contributed by atoms with Crippen LogP contribution in [0.5, 0.6) is 0 Å². The fourth-order valence-corrected chi connectivity index (χ4v) is 1.49. The van der Waals surface area contributed by atoms with E-state index in [-0.39, 0.29) is 11.9 Å². The molecule has 0 unspecified atom stereocenters. The van der Waals surface area contributed by atoms with Crippen LogP contribution in [-0.4, -0.2) is 25.6 Å². The number of rotatable bonds is 2. The largest absolute Gasteiger partial charge is 0.341 e. The number of nitrogens with one attached hydrogen (secondary N) is 2. The van der Waals surface area contributed by atoms with E-state index in [0.29, 0.717) is 24.4 Å². The van der Waals surface area contributed by atoms with Crippen molar-refractivity contribution in [2.75, 3.05) is 24.0 Å². The summed E-state index contributed by atoms with van der Waals surface area (Å²) in [7, 11) is 1.54. The van der Waals surface area contributed by atoms with E-state index < -0.39 is 0 Å². The Bertz CT molecular complexity index is 430. The van der Waals surface area contributed by atoms with Crippen LogP contribution in [0.15, 0.2) is 24.3 Å². The molecule has 0 aromatic heterocycles. The van der Waals surface area contributed by atoms with Gasteiger partial charge in [0.25, 0.3) is 5.91 Å². The predicted octanol–water partition coefficient (Wildman–Crippen LogP) is 1.11. The van der Waals surface area contributed by atoms with E-state index in [0.717, 1.165) is 0 Å². The van der Waals surface area contributed by atoms with Crippen LogP contribution in [0.3, 0.4) is 0 Å². The van der Waals surface area contributed by atoms with Crippen molar-refractivity contribution in [3.05, 3.63) is 24.3 Å². The van der Waals surface area contributed by atoms with E-state index in [9.17, 15) is 9.59 Å². The van der Waals surface area contributed by atoms with Crippen molar-refractivity contribution in [2.24, 2.45) is 0 Å². The maximum absolute atomic E-state index is 11.4. The molecule has 1 saturated heterocycles. The van der Waals surface area contributed by atoms with Crippen molar-refractivity contribution < 1.29 is 14.4 Å². The van der Waals surface area contributed by atoms with Crippen molar-refractivity contribution in [1.29, 1.82) is 0 Å². The zero-order chi connectivity index (χ0) is 12.3. The highest BCUT2D eigenvalue weighted by Crippen LogP contribution is 2.21. The van der Waals surface area contributed by atoms with E-state index in [2.05, 4.69) is 10.6 Å². The van der Waals surface area contributed by atoms with Crippen molar-refractivity contribution >= 4 is 23.3 Å². The maximum atomic E-state index is 11.4. The van der Waals surface area contributed by atoms with Gasteiger partial charge in [-0.1, -0.05) is 0 Å². The Morgan fingerprint density at radius 3 is 2.59 bits per heavy atom. The van der Waals surface area contributed by atoms with Gasteiger partial charge in [0, 0.05) is 12.7 Å². The van der Waals surface area contributed by atoms with Gasteiger partial charge >= 0.3 is 6.03 Å².